The molecule has 32 heavy (non-hydrogen) atoms. The molecule has 0 unspecified atom stereocenters. The number of hydrogen-bond donors (Lipinski definition) is 2. The van der Waals surface area contributed by atoms with Gasteiger partial charge in [-0.1, -0.05) is 54.3 Å². The topological polar surface area (TPSA) is 95.1 Å². The lowest BCUT2D eigenvalue weighted by molar-refractivity contribution is -0.118. The minimum absolute atomic E-state index is 0.108. The van der Waals surface area contributed by atoms with Crippen LogP contribution in [0.15, 0.2) is 67.1 Å². The summed E-state index contributed by atoms with van der Waals surface area (Å²) in [5, 5.41) is 3.43. The molecule has 2 aromatic carbocycles. The summed E-state index contributed by atoms with van der Waals surface area (Å²) in [6.07, 6.45) is 3.42. The van der Waals surface area contributed by atoms with E-state index in [4.69, 9.17) is 10.5 Å². The number of carbonyl (C=O) groups excluding carboxylic acids is 1. The minimum Gasteiger partial charge on any atom is -0.489 e. The molecule has 0 spiro atoms. The Hall–Kier alpha value is -4.31. The molecule has 0 atom stereocenters. The third kappa shape index (κ3) is 4.87. The van der Waals surface area contributed by atoms with Crippen molar-refractivity contribution < 1.29 is 9.53 Å². The van der Waals surface area contributed by atoms with E-state index in [0.717, 1.165) is 27.8 Å². The Morgan fingerprint density at radius 1 is 1.12 bits per heavy atom. The van der Waals surface area contributed by atoms with E-state index in [0.29, 0.717) is 31.2 Å². The molecule has 160 valence electrons. The summed E-state index contributed by atoms with van der Waals surface area (Å²) in [5.41, 5.74) is 9.88. The zero-order chi connectivity index (χ0) is 22.3. The highest BCUT2D eigenvalue weighted by atomic mass is 16.5. The molecule has 0 radical (unpaired) electrons. The number of amides is 1. The van der Waals surface area contributed by atoms with Gasteiger partial charge in [0.05, 0.1) is 18.5 Å². The molecule has 3 N–H and O–H groups in total. The first-order chi connectivity index (χ1) is 15.6. The van der Waals surface area contributed by atoms with E-state index in [9.17, 15) is 4.79 Å². The van der Waals surface area contributed by atoms with Crippen LogP contribution in [-0.2, 0) is 17.9 Å². The van der Waals surface area contributed by atoms with E-state index in [2.05, 4.69) is 27.1 Å². The van der Waals surface area contributed by atoms with Crippen molar-refractivity contribution >= 4 is 22.8 Å². The number of hydrogen-bond acceptors (Lipinski definition) is 5. The summed E-state index contributed by atoms with van der Waals surface area (Å²) < 4.78 is 7.92. The predicted octanol–water partition coefficient (Wildman–Crippen LogP) is 3.40. The molecule has 4 rings (SSSR count). The van der Waals surface area contributed by atoms with Crippen molar-refractivity contribution in [2.75, 3.05) is 12.3 Å². The van der Waals surface area contributed by atoms with Gasteiger partial charge < -0.3 is 20.4 Å². The second-order valence-corrected chi connectivity index (χ2v) is 7.19. The van der Waals surface area contributed by atoms with Crippen LogP contribution in [0.5, 0.6) is 5.75 Å². The fourth-order valence-corrected chi connectivity index (χ4v) is 3.35. The van der Waals surface area contributed by atoms with Gasteiger partial charge in [-0.05, 0) is 23.3 Å². The van der Waals surface area contributed by atoms with Crippen molar-refractivity contribution in [2.45, 2.75) is 20.1 Å². The predicted molar refractivity (Wildman–Crippen MR) is 125 cm³/mol. The van der Waals surface area contributed by atoms with Gasteiger partial charge in [0.2, 0.25) is 5.91 Å². The largest absolute Gasteiger partial charge is 0.489 e. The van der Waals surface area contributed by atoms with Crippen LogP contribution < -0.4 is 15.8 Å². The van der Waals surface area contributed by atoms with E-state index in [1.165, 1.54) is 13.3 Å². The SMILES string of the molecule is CC(=O)NCC#CCn1cc(-c2cccc(OCc3ccccc3)c2)c2c(N)ncnc21. The molecule has 0 aliphatic rings. The van der Waals surface area contributed by atoms with Crippen LogP contribution in [0.25, 0.3) is 22.2 Å². The standard InChI is InChI=1S/C25H23N5O2/c1-18(31)27-12-5-6-13-30-15-22(23-24(26)28-17-29-25(23)30)20-10-7-11-21(14-20)32-16-19-8-3-2-4-9-19/h2-4,7-11,14-15,17H,12-13,16H2,1H3,(H,27,31)(H2,26,28,29). The molecule has 0 saturated heterocycles. The Morgan fingerprint density at radius 3 is 2.78 bits per heavy atom. The fraction of sp³-hybridized carbons (Fsp3) is 0.160. The Labute approximate surface area is 186 Å². The molecule has 0 aliphatic heterocycles. The quantitative estimate of drug-likeness (QED) is 0.462. The molecule has 1 amide bonds. The number of anilines is 1. The van der Waals surface area contributed by atoms with E-state index >= 15 is 0 Å². The number of nitrogens with zero attached hydrogens (tertiary/aromatic N) is 3. The van der Waals surface area contributed by atoms with Crippen molar-refractivity contribution in [3.8, 4) is 28.7 Å². The van der Waals surface area contributed by atoms with Crippen LogP contribution in [-0.4, -0.2) is 27.0 Å². The second kappa shape index (κ2) is 9.67. The molecule has 7 heteroatoms. The number of aromatic nitrogens is 3. The lowest BCUT2D eigenvalue weighted by atomic mass is 10.1. The van der Waals surface area contributed by atoms with Gasteiger partial charge in [-0.3, -0.25) is 4.79 Å². The lowest BCUT2D eigenvalue weighted by Crippen LogP contribution is -2.19. The number of ether oxygens (including phenoxy) is 1. The summed E-state index contributed by atoms with van der Waals surface area (Å²) in [5.74, 6) is 7.05. The molecule has 2 aromatic heterocycles. The van der Waals surface area contributed by atoms with Crippen LogP contribution in [0.2, 0.25) is 0 Å². The highest BCUT2D eigenvalue weighted by Crippen LogP contribution is 2.34. The third-order valence-electron chi connectivity index (χ3n) is 4.88. The lowest BCUT2D eigenvalue weighted by Gasteiger charge is -2.08. The van der Waals surface area contributed by atoms with Crippen molar-refractivity contribution in [3.05, 3.63) is 72.7 Å². The molecule has 4 aromatic rings. The zero-order valence-electron chi connectivity index (χ0n) is 17.7. The number of fused-ring (bicyclic) bond motifs is 1. The maximum absolute atomic E-state index is 11.0. The molecule has 0 saturated carbocycles. The third-order valence-corrected chi connectivity index (χ3v) is 4.88. The monoisotopic (exact) mass is 425 g/mol. The van der Waals surface area contributed by atoms with Crippen molar-refractivity contribution in [2.24, 2.45) is 0 Å². The van der Waals surface area contributed by atoms with Crippen LogP contribution in [0.4, 0.5) is 5.82 Å². The van der Waals surface area contributed by atoms with Gasteiger partial charge in [-0.15, -0.1) is 0 Å². The molecule has 0 fully saturated rings. The number of rotatable bonds is 6. The molecule has 0 bridgehead atoms. The fourth-order valence-electron chi connectivity index (χ4n) is 3.35. The first kappa shape index (κ1) is 20.9. The van der Waals surface area contributed by atoms with E-state index < -0.39 is 0 Å². The number of nitrogen functional groups attached to an aromatic ring is 1. The molecule has 7 nitrogen and oxygen atoms in total. The first-order valence-electron chi connectivity index (χ1n) is 10.2. The summed E-state index contributed by atoms with van der Waals surface area (Å²) in [6, 6.07) is 17.9. The van der Waals surface area contributed by atoms with Gasteiger partial charge in [0.15, 0.2) is 0 Å². The van der Waals surface area contributed by atoms with Gasteiger partial charge in [0.25, 0.3) is 0 Å². The minimum atomic E-state index is -0.108. The average Bonchev–Trinajstić information content (AvgIpc) is 3.18. The highest BCUT2D eigenvalue weighted by molar-refractivity contribution is 6.00. The maximum Gasteiger partial charge on any atom is 0.217 e. The molecule has 2 heterocycles. The van der Waals surface area contributed by atoms with Crippen molar-refractivity contribution in [1.29, 1.82) is 0 Å². The van der Waals surface area contributed by atoms with Gasteiger partial charge in [0.1, 0.15) is 30.1 Å². The van der Waals surface area contributed by atoms with E-state index in [1.54, 1.807) is 0 Å². The van der Waals surface area contributed by atoms with Crippen LogP contribution in [0.1, 0.15) is 12.5 Å². The molecule has 0 aliphatic carbocycles. The Kier molecular flexibility index (Phi) is 6.33. The smallest absolute Gasteiger partial charge is 0.217 e. The molecular weight excluding hydrogens is 402 g/mol. The van der Waals surface area contributed by atoms with Crippen LogP contribution >= 0.6 is 0 Å². The summed E-state index contributed by atoms with van der Waals surface area (Å²) >= 11 is 0. The van der Waals surface area contributed by atoms with E-state index in [1.807, 2.05) is 65.4 Å². The van der Waals surface area contributed by atoms with Crippen LogP contribution in [0, 0.1) is 11.8 Å². The van der Waals surface area contributed by atoms with Crippen molar-refractivity contribution in [1.82, 2.24) is 19.9 Å². The number of nitrogens with two attached hydrogens (primary N) is 1. The summed E-state index contributed by atoms with van der Waals surface area (Å²) in [4.78, 5) is 19.6. The summed E-state index contributed by atoms with van der Waals surface area (Å²) in [7, 11) is 0. The number of carbonyl (C=O) groups is 1. The number of nitrogens with one attached hydrogen (secondary N) is 1. The van der Waals surface area contributed by atoms with Gasteiger partial charge in [-0.2, -0.15) is 0 Å². The van der Waals surface area contributed by atoms with Gasteiger partial charge in [0, 0.05) is 18.7 Å². The Balaban J connectivity index is 1.62. The Morgan fingerprint density at radius 2 is 1.97 bits per heavy atom. The first-order valence-corrected chi connectivity index (χ1v) is 10.2. The summed E-state index contributed by atoms with van der Waals surface area (Å²) in [6.45, 7) is 2.67. The van der Waals surface area contributed by atoms with Crippen molar-refractivity contribution in [3.63, 3.8) is 0 Å². The van der Waals surface area contributed by atoms with Gasteiger partial charge in [-0.25, -0.2) is 9.97 Å². The highest BCUT2D eigenvalue weighted by Gasteiger charge is 2.15. The number of benzene rings is 2. The van der Waals surface area contributed by atoms with Crippen LogP contribution in [0.3, 0.4) is 0 Å². The second-order valence-electron chi connectivity index (χ2n) is 7.19. The van der Waals surface area contributed by atoms with E-state index in [-0.39, 0.29) is 5.91 Å². The maximum atomic E-state index is 11.0. The average molecular weight is 425 g/mol. The Bertz CT molecular complexity index is 1300. The zero-order valence-corrected chi connectivity index (χ0v) is 17.7. The van der Waals surface area contributed by atoms with Gasteiger partial charge >= 0.3 is 0 Å². The molecular formula is C25H23N5O2. The normalized spacial score (nSPS) is 10.4.